The fourth-order valence-electron chi connectivity index (χ4n) is 2.30. The summed E-state index contributed by atoms with van der Waals surface area (Å²) >= 11 is 0. The summed E-state index contributed by atoms with van der Waals surface area (Å²) in [7, 11) is 1.81. The first-order valence-corrected chi connectivity index (χ1v) is 7.58. The molecule has 0 N–H and O–H groups in total. The summed E-state index contributed by atoms with van der Waals surface area (Å²) in [4.78, 5) is 17.6. The maximum absolute atomic E-state index is 12.0. The minimum absolute atomic E-state index is 0.0138. The van der Waals surface area contributed by atoms with E-state index in [9.17, 15) is 4.79 Å². The maximum atomic E-state index is 12.0. The lowest BCUT2D eigenvalue weighted by molar-refractivity contribution is -0.136. The molecule has 0 bridgehead atoms. The first-order chi connectivity index (χ1) is 10.3. The first kappa shape index (κ1) is 15.9. The van der Waals surface area contributed by atoms with Crippen LogP contribution < -0.4 is 0 Å². The number of pyridine rings is 1. The van der Waals surface area contributed by atoms with Crippen molar-refractivity contribution in [2.45, 2.75) is 31.8 Å². The van der Waals surface area contributed by atoms with Crippen molar-refractivity contribution in [2.24, 2.45) is 0 Å². The second kappa shape index (κ2) is 8.74. The SMILES string of the molecule is CN(CCc1ccncc1)C(=O)COC[C@@H]1CCCCO1. The van der Waals surface area contributed by atoms with Crippen LogP contribution in [0.5, 0.6) is 0 Å². The lowest BCUT2D eigenvalue weighted by atomic mass is 10.1. The van der Waals surface area contributed by atoms with Crippen molar-refractivity contribution in [1.29, 1.82) is 0 Å². The van der Waals surface area contributed by atoms with Crippen molar-refractivity contribution in [2.75, 3.05) is 33.4 Å². The Kier molecular flexibility index (Phi) is 6.63. The largest absolute Gasteiger partial charge is 0.376 e. The van der Waals surface area contributed by atoms with Crippen molar-refractivity contribution >= 4 is 5.91 Å². The minimum atomic E-state index is 0.0138. The van der Waals surface area contributed by atoms with Crippen molar-refractivity contribution in [3.05, 3.63) is 30.1 Å². The van der Waals surface area contributed by atoms with Crippen molar-refractivity contribution < 1.29 is 14.3 Å². The topological polar surface area (TPSA) is 51.7 Å². The van der Waals surface area contributed by atoms with Gasteiger partial charge in [-0.1, -0.05) is 0 Å². The van der Waals surface area contributed by atoms with Crippen LogP contribution in [0.2, 0.25) is 0 Å². The number of likely N-dealkylation sites (N-methyl/N-ethyl adjacent to an activating group) is 1. The van der Waals surface area contributed by atoms with Crippen LogP contribution in [0.4, 0.5) is 0 Å². The maximum Gasteiger partial charge on any atom is 0.248 e. The molecule has 0 radical (unpaired) electrons. The number of ether oxygens (including phenoxy) is 2. The van der Waals surface area contributed by atoms with Gasteiger partial charge in [-0.2, -0.15) is 0 Å². The Hall–Kier alpha value is -1.46. The number of aromatic nitrogens is 1. The van der Waals surface area contributed by atoms with Gasteiger partial charge in [0, 0.05) is 32.6 Å². The number of carbonyl (C=O) groups excluding carboxylic acids is 1. The summed E-state index contributed by atoms with van der Waals surface area (Å²) in [6.45, 7) is 2.15. The van der Waals surface area contributed by atoms with Gasteiger partial charge in [0.05, 0.1) is 12.7 Å². The molecule has 0 unspecified atom stereocenters. The van der Waals surface area contributed by atoms with Crippen LogP contribution in [0.15, 0.2) is 24.5 Å². The Morgan fingerprint density at radius 1 is 1.43 bits per heavy atom. The smallest absolute Gasteiger partial charge is 0.248 e. The second-order valence-electron chi connectivity index (χ2n) is 5.42. The fraction of sp³-hybridized carbons (Fsp3) is 0.625. The van der Waals surface area contributed by atoms with E-state index in [0.29, 0.717) is 13.2 Å². The monoisotopic (exact) mass is 292 g/mol. The molecule has 0 aliphatic carbocycles. The van der Waals surface area contributed by atoms with E-state index in [1.54, 1.807) is 17.3 Å². The number of hydrogen-bond donors (Lipinski definition) is 0. The minimum Gasteiger partial charge on any atom is -0.376 e. The van der Waals surface area contributed by atoms with Crippen molar-refractivity contribution in [3.8, 4) is 0 Å². The average Bonchev–Trinajstić information content (AvgIpc) is 2.54. The van der Waals surface area contributed by atoms with E-state index in [-0.39, 0.29) is 18.6 Å². The van der Waals surface area contributed by atoms with Gasteiger partial charge in [-0.3, -0.25) is 9.78 Å². The molecule has 116 valence electrons. The van der Waals surface area contributed by atoms with Crippen LogP contribution in [0.1, 0.15) is 24.8 Å². The van der Waals surface area contributed by atoms with E-state index in [0.717, 1.165) is 25.9 Å². The molecule has 2 rings (SSSR count). The summed E-state index contributed by atoms with van der Waals surface area (Å²) in [5.41, 5.74) is 1.18. The fourth-order valence-corrected chi connectivity index (χ4v) is 2.30. The predicted octanol–water partition coefficient (Wildman–Crippen LogP) is 1.67. The van der Waals surface area contributed by atoms with Gasteiger partial charge in [0.2, 0.25) is 5.91 Å². The summed E-state index contributed by atoms with van der Waals surface area (Å²) < 4.78 is 11.1. The van der Waals surface area contributed by atoms with Gasteiger partial charge in [0.15, 0.2) is 0 Å². The van der Waals surface area contributed by atoms with Crippen LogP contribution in [-0.4, -0.2) is 55.3 Å². The molecule has 1 saturated heterocycles. The van der Waals surface area contributed by atoms with E-state index < -0.39 is 0 Å². The normalized spacial score (nSPS) is 18.4. The molecule has 5 nitrogen and oxygen atoms in total. The summed E-state index contributed by atoms with van der Waals surface area (Å²) in [5, 5.41) is 0. The molecular formula is C16H24N2O3. The highest BCUT2D eigenvalue weighted by molar-refractivity contribution is 5.77. The van der Waals surface area contributed by atoms with Crippen LogP contribution in [0.3, 0.4) is 0 Å². The number of hydrogen-bond acceptors (Lipinski definition) is 4. The average molecular weight is 292 g/mol. The van der Waals surface area contributed by atoms with E-state index in [1.165, 1.54) is 12.0 Å². The van der Waals surface area contributed by atoms with E-state index in [2.05, 4.69) is 4.98 Å². The standard InChI is InChI=1S/C16H24N2O3/c1-18(10-7-14-5-8-17-9-6-14)16(19)13-20-12-15-4-2-3-11-21-15/h5-6,8-9,15H,2-4,7,10-13H2,1H3/t15-/m0/s1. The molecular weight excluding hydrogens is 268 g/mol. The van der Waals surface area contributed by atoms with Crippen molar-refractivity contribution in [1.82, 2.24) is 9.88 Å². The zero-order valence-corrected chi connectivity index (χ0v) is 12.7. The molecule has 1 aromatic rings. The molecule has 5 heteroatoms. The summed E-state index contributed by atoms with van der Waals surface area (Å²) in [6.07, 6.45) is 7.88. The Morgan fingerprint density at radius 3 is 2.95 bits per heavy atom. The predicted molar refractivity (Wildman–Crippen MR) is 80.0 cm³/mol. The van der Waals surface area contributed by atoms with E-state index in [4.69, 9.17) is 9.47 Å². The van der Waals surface area contributed by atoms with Gasteiger partial charge in [-0.25, -0.2) is 0 Å². The highest BCUT2D eigenvalue weighted by atomic mass is 16.5. The zero-order chi connectivity index (χ0) is 14.9. The molecule has 21 heavy (non-hydrogen) atoms. The van der Waals surface area contributed by atoms with Gasteiger partial charge >= 0.3 is 0 Å². The van der Waals surface area contributed by atoms with Crippen molar-refractivity contribution in [3.63, 3.8) is 0 Å². The van der Waals surface area contributed by atoms with Crippen LogP contribution in [0, 0.1) is 0 Å². The second-order valence-corrected chi connectivity index (χ2v) is 5.42. The summed E-state index contributed by atoms with van der Waals surface area (Å²) in [6, 6.07) is 3.93. The molecule has 1 fully saturated rings. The third-order valence-corrected chi connectivity index (χ3v) is 3.71. The van der Waals surface area contributed by atoms with Crippen LogP contribution in [-0.2, 0) is 20.7 Å². The summed E-state index contributed by atoms with van der Waals surface area (Å²) in [5.74, 6) is 0.0138. The first-order valence-electron chi connectivity index (χ1n) is 7.58. The molecule has 1 aliphatic heterocycles. The highest BCUT2D eigenvalue weighted by Crippen LogP contribution is 2.12. The number of nitrogens with zero attached hydrogens (tertiary/aromatic N) is 2. The van der Waals surface area contributed by atoms with Gasteiger partial charge in [0.25, 0.3) is 0 Å². The third-order valence-electron chi connectivity index (χ3n) is 3.71. The third kappa shape index (κ3) is 5.81. The van der Waals surface area contributed by atoms with E-state index in [1.807, 2.05) is 19.2 Å². The molecule has 1 aromatic heterocycles. The Morgan fingerprint density at radius 2 is 2.24 bits per heavy atom. The van der Waals surface area contributed by atoms with Gasteiger partial charge < -0.3 is 14.4 Å². The number of amides is 1. The zero-order valence-electron chi connectivity index (χ0n) is 12.7. The van der Waals surface area contributed by atoms with Crippen LogP contribution in [0.25, 0.3) is 0 Å². The molecule has 0 saturated carbocycles. The van der Waals surface area contributed by atoms with Gasteiger partial charge in [-0.05, 0) is 43.4 Å². The Balaban J connectivity index is 1.60. The molecule has 2 heterocycles. The number of rotatable bonds is 7. The molecule has 0 spiro atoms. The lowest BCUT2D eigenvalue weighted by Crippen LogP contribution is -2.33. The molecule has 0 aromatic carbocycles. The van der Waals surface area contributed by atoms with Crippen LogP contribution >= 0.6 is 0 Å². The lowest BCUT2D eigenvalue weighted by Gasteiger charge is -2.23. The number of carbonyl (C=O) groups is 1. The van der Waals surface area contributed by atoms with Gasteiger partial charge in [0.1, 0.15) is 6.61 Å². The highest BCUT2D eigenvalue weighted by Gasteiger charge is 2.15. The Bertz CT molecular complexity index is 419. The molecule has 1 atom stereocenters. The molecule has 1 amide bonds. The quantitative estimate of drug-likeness (QED) is 0.767. The van der Waals surface area contributed by atoms with Gasteiger partial charge in [-0.15, -0.1) is 0 Å². The molecule has 1 aliphatic rings. The van der Waals surface area contributed by atoms with E-state index >= 15 is 0 Å². The Labute approximate surface area is 126 Å².